The minimum absolute atomic E-state index is 0.0175. The smallest absolute Gasteiger partial charge is 0.252 e. The number of aliphatic imine (C=N–C) groups is 1. The van der Waals surface area contributed by atoms with Gasteiger partial charge in [0.1, 0.15) is 11.6 Å². The van der Waals surface area contributed by atoms with Gasteiger partial charge in [-0.15, -0.1) is 0 Å². The Balaban J connectivity index is 1.61. The molecule has 2 N–H and O–H groups in total. The maximum Gasteiger partial charge on any atom is 0.252 e. The van der Waals surface area contributed by atoms with Crippen molar-refractivity contribution in [1.29, 1.82) is 0 Å². The van der Waals surface area contributed by atoms with Crippen molar-refractivity contribution in [3.8, 4) is 5.75 Å². The monoisotopic (exact) mass is 662 g/mol. The molecular formula is C36H35FN8O4. The number of aliphatic hydroxyl groups excluding tert-OH is 1. The van der Waals surface area contributed by atoms with Crippen LogP contribution in [-0.2, 0) is 35.5 Å². The van der Waals surface area contributed by atoms with Gasteiger partial charge in [-0.2, -0.15) is 0 Å². The molecule has 0 radical (unpaired) electrons. The number of rotatable bonds is 16. The Hall–Kier alpha value is -5.87. The van der Waals surface area contributed by atoms with Gasteiger partial charge in [0.15, 0.2) is 11.6 Å². The molecule has 0 saturated heterocycles. The molecule has 1 aliphatic rings. The standard InChI is InChI=1S/C36H35FN8O4/c37-30-11-5-7-25(21-30)17-18-40-35(47)36(22-27-8-1-2-9-28(27)23-41-44-38)33(32-12-4-3-10-29(32)24-42-45-39)49-34(43-36)26-13-15-31(16-14-26)48-20-6-19-46/h1-5,7-16,21,33,46H,6,17-20,22-24H2,(H,40,47)/t33-,36-/m1/s1. The molecule has 0 unspecified atom stereocenters. The van der Waals surface area contributed by atoms with Crippen molar-refractivity contribution in [2.24, 2.45) is 15.2 Å². The number of aliphatic hydroxyl groups is 1. The second kappa shape index (κ2) is 16.8. The fraction of sp³-hybridized carbons (Fsp3) is 0.278. The molecule has 5 rings (SSSR count). The predicted octanol–water partition coefficient (Wildman–Crippen LogP) is 7.07. The lowest BCUT2D eigenvalue weighted by atomic mass is 9.79. The van der Waals surface area contributed by atoms with Gasteiger partial charge in [0, 0.05) is 41.4 Å². The fourth-order valence-electron chi connectivity index (χ4n) is 5.75. The third kappa shape index (κ3) is 8.54. The molecule has 250 valence electrons. The summed E-state index contributed by atoms with van der Waals surface area (Å²) in [5, 5.41) is 19.7. The lowest BCUT2D eigenvalue weighted by Crippen LogP contribution is -2.50. The zero-order chi connectivity index (χ0) is 34.5. The van der Waals surface area contributed by atoms with Crippen LogP contribution in [0.5, 0.6) is 5.75 Å². The van der Waals surface area contributed by atoms with E-state index in [0.717, 1.165) is 16.7 Å². The van der Waals surface area contributed by atoms with Crippen LogP contribution in [0, 0.1) is 5.82 Å². The maximum atomic E-state index is 14.7. The maximum absolute atomic E-state index is 14.7. The highest BCUT2D eigenvalue weighted by atomic mass is 19.1. The molecule has 1 amide bonds. The van der Waals surface area contributed by atoms with Gasteiger partial charge in [-0.25, -0.2) is 9.38 Å². The highest BCUT2D eigenvalue weighted by Crippen LogP contribution is 2.44. The van der Waals surface area contributed by atoms with E-state index in [-0.39, 0.29) is 44.4 Å². The number of carbonyl (C=O) groups is 1. The van der Waals surface area contributed by atoms with E-state index in [1.54, 1.807) is 36.4 Å². The number of benzene rings is 4. The van der Waals surface area contributed by atoms with Crippen molar-refractivity contribution >= 4 is 11.8 Å². The zero-order valence-electron chi connectivity index (χ0n) is 26.7. The molecular weight excluding hydrogens is 627 g/mol. The first-order valence-electron chi connectivity index (χ1n) is 15.8. The van der Waals surface area contributed by atoms with E-state index in [2.05, 4.69) is 25.4 Å². The molecule has 13 heteroatoms. The molecule has 4 aromatic carbocycles. The Morgan fingerprint density at radius 3 is 2.35 bits per heavy atom. The van der Waals surface area contributed by atoms with E-state index in [1.807, 2.05) is 48.5 Å². The average molecular weight is 663 g/mol. The van der Waals surface area contributed by atoms with Crippen LogP contribution in [0.4, 0.5) is 4.39 Å². The largest absolute Gasteiger partial charge is 0.494 e. The van der Waals surface area contributed by atoms with Gasteiger partial charge in [0.05, 0.1) is 19.7 Å². The van der Waals surface area contributed by atoms with E-state index < -0.39 is 17.6 Å². The van der Waals surface area contributed by atoms with E-state index in [4.69, 9.17) is 30.6 Å². The molecule has 0 saturated carbocycles. The summed E-state index contributed by atoms with van der Waals surface area (Å²) in [6, 6.07) is 27.9. The van der Waals surface area contributed by atoms with Crippen LogP contribution in [0.25, 0.3) is 20.9 Å². The van der Waals surface area contributed by atoms with Gasteiger partial charge in [-0.1, -0.05) is 70.9 Å². The number of ether oxygens (including phenoxy) is 2. The highest BCUT2D eigenvalue weighted by molar-refractivity contribution is 6.01. The molecule has 1 aliphatic heterocycles. The van der Waals surface area contributed by atoms with E-state index in [9.17, 15) is 9.18 Å². The van der Waals surface area contributed by atoms with Crippen LogP contribution in [0.1, 0.15) is 45.9 Å². The first-order valence-corrected chi connectivity index (χ1v) is 15.8. The molecule has 0 aliphatic carbocycles. The summed E-state index contributed by atoms with van der Waals surface area (Å²) < 4.78 is 26.3. The molecule has 0 aromatic heterocycles. The predicted molar refractivity (Wildman–Crippen MR) is 182 cm³/mol. The van der Waals surface area contributed by atoms with Gasteiger partial charge in [0.2, 0.25) is 5.90 Å². The van der Waals surface area contributed by atoms with Crippen molar-refractivity contribution in [2.75, 3.05) is 19.8 Å². The van der Waals surface area contributed by atoms with Crippen LogP contribution in [0.3, 0.4) is 0 Å². The summed E-state index contributed by atoms with van der Waals surface area (Å²) in [7, 11) is 0. The molecule has 1 heterocycles. The van der Waals surface area contributed by atoms with Gasteiger partial charge in [-0.3, -0.25) is 4.79 Å². The Bertz CT molecular complexity index is 1890. The average Bonchev–Trinajstić information content (AvgIpc) is 3.51. The molecule has 49 heavy (non-hydrogen) atoms. The fourth-order valence-corrected chi connectivity index (χ4v) is 5.75. The second-order valence-electron chi connectivity index (χ2n) is 11.3. The van der Waals surface area contributed by atoms with Crippen molar-refractivity contribution in [3.63, 3.8) is 0 Å². The Labute approximate surface area is 282 Å². The molecule has 2 atom stereocenters. The SMILES string of the molecule is [N-]=[N+]=NCc1ccccc1C[C@@]1(C(=O)NCCc2cccc(F)c2)N=C(c2ccc(OCCCO)cc2)O[C@@H]1c1ccccc1CN=[N+]=[N-]. The third-order valence-corrected chi connectivity index (χ3v) is 8.14. The van der Waals surface area contributed by atoms with E-state index >= 15 is 0 Å². The van der Waals surface area contributed by atoms with Crippen LogP contribution in [-0.4, -0.2) is 42.2 Å². The summed E-state index contributed by atoms with van der Waals surface area (Å²) in [5.74, 6) is 0.0283. The summed E-state index contributed by atoms with van der Waals surface area (Å²) >= 11 is 0. The van der Waals surface area contributed by atoms with Crippen molar-refractivity contribution in [2.45, 2.75) is 44.0 Å². The second-order valence-corrected chi connectivity index (χ2v) is 11.3. The van der Waals surface area contributed by atoms with E-state index in [1.165, 1.54) is 12.1 Å². The third-order valence-electron chi connectivity index (χ3n) is 8.14. The number of azide groups is 2. The lowest BCUT2D eigenvalue weighted by molar-refractivity contribution is -0.128. The van der Waals surface area contributed by atoms with Crippen molar-refractivity contribution in [1.82, 2.24) is 5.32 Å². The first kappa shape index (κ1) is 34.5. The quantitative estimate of drug-likeness (QED) is 0.0565. The van der Waals surface area contributed by atoms with Crippen LogP contribution < -0.4 is 10.1 Å². The van der Waals surface area contributed by atoms with Gasteiger partial charge >= 0.3 is 0 Å². The summed E-state index contributed by atoms with van der Waals surface area (Å²) in [4.78, 5) is 25.6. The summed E-state index contributed by atoms with van der Waals surface area (Å²) in [6.07, 6.45) is -0.0235. The van der Waals surface area contributed by atoms with Crippen molar-refractivity contribution in [3.05, 3.63) is 157 Å². The van der Waals surface area contributed by atoms with Crippen LogP contribution in [0.15, 0.2) is 112 Å². The zero-order valence-corrected chi connectivity index (χ0v) is 26.7. The molecule has 0 spiro atoms. The Morgan fingerprint density at radius 1 is 0.939 bits per heavy atom. The number of nitrogens with zero attached hydrogens (tertiary/aromatic N) is 7. The van der Waals surface area contributed by atoms with Gasteiger partial charge < -0.3 is 19.9 Å². The molecule has 12 nitrogen and oxygen atoms in total. The summed E-state index contributed by atoms with van der Waals surface area (Å²) in [6.45, 7) is 0.654. The number of nitrogens with one attached hydrogen (secondary N) is 1. The van der Waals surface area contributed by atoms with Crippen LogP contribution >= 0.6 is 0 Å². The highest BCUT2D eigenvalue weighted by Gasteiger charge is 2.54. The van der Waals surface area contributed by atoms with Crippen molar-refractivity contribution < 1.29 is 23.8 Å². The normalized spacial score (nSPS) is 16.4. The number of halogens is 1. The Kier molecular flexibility index (Phi) is 11.8. The van der Waals surface area contributed by atoms with E-state index in [0.29, 0.717) is 41.9 Å². The summed E-state index contributed by atoms with van der Waals surface area (Å²) in [5.41, 5.74) is 20.7. The molecule has 4 aromatic rings. The minimum atomic E-state index is -1.58. The molecule has 0 bridgehead atoms. The number of amides is 1. The van der Waals surface area contributed by atoms with Gasteiger partial charge in [0.25, 0.3) is 5.91 Å². The Morgan fingerprint density at radius 2 is 1.63 bits per heavy atom. The molecule has 0 fully saturated rings. The minimum Gasteiger partial charge on any atom is -0.494 e. The first-order chi connectivity index (χ1) is 24.0. The van der Waals surface area contributed by atoms with Gasteiger partial charge in [-0.05, 0) is 81.7 Å². The van der Waals surface area contributed by atoms with Crippen LogP contribution in [0.2, 0.25) is 0 Å². The topological polar surface area (TPSA) is 178 Å². The number of carbonyl (C=O) groups excluding carboxylic acids is 1. The number of hydrogen-bond acceptors (Lipinski definition) is 7. The number of hydrogen-bond donors (Lipinski definition) is 2. The lowest BCUT2D eigenvalue weighted by Gasteiger charge is -2.32.